The summed E-state index contributed by atoms with van der Waals surface area (Å²) < 4.78 is 14.4. The molecule has 2 heterocycles. The van der Waals surface area contributed by atoms with Crippen molar-refractivity contribution in [1.29, 1.82) is 0 Å². The van der Waals surface area contributed by atoms with Gasteiger partial charge in [-0.05, 0) is 55.4 Å². The van der Waals surface area contributed by atoms with Gasteiger partial charge in [-0.1, -0.05) is 84.1 Å². The lowest BCUT2D eigenvalue weighted by atomic mass is 9.75. The van der Waals surface area contributed by atoms with Gasteiger partial charge in [-0.15, -0.1) is 11.3 Å². The summed E-state index contributed by atoms with van der Waals surface area (Å²) in [6.45, 7) is 11.9. The Labute approximate surface area is 252 Å². The predicted octanol–water partition coefficient (Wildman–Crippen LogP) is 9.33. The Kier molecular flexibility index (Phi) is 10.6. The number of aliphatic carboxylic acids is 1. The highest BCUT2D eigenvalue weighted by Gasteiger charge is 2.47. The molecule has 1 aliphatic heterocycles. The first-order chi connectivity index (χ1) is 19.7. The van der Waals surface area contributed by atoms with Gasteiger partial charge in [0.05, 0.1) is 18.1 Å². The van der Waals surface area contributed by atoms with Crippen LogP contribution in [0.1, 0.15) is 107 Å². The number of aromatic carboxylic acids is 1. The van der Waals surface area contributed by atoms with Gasteiger partial charge in [0.2, 0.25) is 0 Å². The molecular weight excluding hydrogens is 556 g/mol. The normalized spacial score (nSPS) is 21.1. The number of carboxylic acid groups (broad SMARTS) is 2. The third-order valence-corrected chi connectivity index (χ3v) is 10.9. The van der Waals surface area contributed by atoms with Crippen LogP contribution in [0.2, 0.25) is 0 Å². The van der Waals surface area contributed by atoms with Gasteiger partial charge in [0, 0.05) is 26.5 Å². The molecule has 4 atom stereocenters. The zero-order chi connectivity index (χ0) is 29.7. The third kappa shape index (κ3) is 6.70. The highest BCUT2D eigenvalue weighted by Crippen LogP contribution is 2.57. The maximum absolute atomic E-state index is 12.0. The van der Waals surface area contributed by atoms with Crippen molar-refractivity contribution in [3.63, 3.8) is 0 Å². The lowest BCUT2D eigenvalue weighted by Gasteiger charge is -2.41. The Morgan fingerprint density at radius 3 is 2.22 bits per heavy atom. The summed E-state index contributed by atoms with van der Waals surface area (Å²) in [6.07, 6.45) is 12.6. The summed E-state index contributed by atoms with van der Waals surface area (Å²) in [4.78, 5) is 25.5. The Hall–Kier alpha value is -2.29. The van der Waals surface area contributed by atoms with Gasteiger partial charge < -0.3 is 19.7 Å². The van der Waals surface area contributed by atoms with Crippen molar-refractivity contribution in [1.82, 2.24) is 0 Å². The van der Waals surface area contributed by atoms with Crippen LogP contribution in [0.15, 0.2) is 28.0 Å². The molecule has 2 aromatic rings. The van der Waals surface area contributed by atoms with Crippen LogP contribution in [0.4, 0.5) is 0 Å². The van der Waals surface area contributed by atoms with Crippen LogP contribution in [0.5, 0.6) is 5.75 Å². The van der Waals surface area contributed by atoms with Crippen molar-refractivity contribution in [2.45, 2.75) is 91.6 Å². The van der Waals surface area contributed by atoms with Gasteiger partial charge in [-0.25, -0.2) is 9.59 Å². The molecule has 1 aromatic carbocycles. The fraction of sp³-hybridized carbons (Fsp3) is 0.576. The van der Waals surface area contributed by atoms with Crippen LogP contribution in [0, 0.1) is 17.8 Å². The number of thioether (sulfide) groups is 1. The zero-order valence-corrected chi connectivity index (χ0v) is 26.6. The number of hydrogen-bond donors (Lipinski definition) is 2. The van der Waals surface area contributed by atoms with E-state index in [9.17, 15) is 19.8 Å². The standard InChI is InChI=1S/C33H44O6S2/c1-6-10-12-20(8-3)18-38-30-22-14-27-25(17-29(41-27)32(36)37)33(5,39-19-21(9-4)13-11-7-2)24(22)16-26-23(30)15-28(40-26)31(34)35/h14-17,20-21,25H,6-13,18-19H2,1-5H3,(H,34,35)(H,36,37). The lowest BCUT2D eigenvalue weighted by Crippen LogP contribution is -2.38. The topological polar surface area (TPSA) is 93.1 Å². The fourth-order valence-electron chi connectivity index (χ4n) is 5.87. The van der Waals surface area contributed by atoms with Crippen molar-refractivity contribution in [2.75, 3.05) is 13.2 Å². The number of thiophene rings is 1. The molecule has 0 amide bonds. The Morgan fingerprint density at radius 2 is 1.63 bits per heavy atom. The SMILES string of the molecule is CCCCC(CC)COc1c2c(cc3sc(C(=O)O)cc13)C(C)(OCC(CC)CCCC)C1C=C(C(=O)O)SC1=C2. The lowest BCUT2D eigenvalue weighted by molar-refractivity contribution is -0.131. The highest BCUT2D eigenvalue weighted by atomic mass is 32.2. The highest BCUT2D eigenvalue weighted by molar-refractivity contribution is 8.08. The predicted molar refractivity (Wildman–Crippen MR) is 169 cm³/mol. The zero-order valence-electron chi connectivity index (χ0n) is 25.0. The molecule has 0 spiro atoms. The summed E-state index contributed by atoms with van der Waals surface area (Å²) in [5, 5.41) is 20.5. The largest absolute Gasteiger partial charge is 0.492 e. The Balaban J connectivity index is 1.85. The second kappa shape index (κ2) is 13.8. The second-order valence-corrected chi connectivity index (χ2v) is 13.7. The number of unbranched alkanes of at least 4 members (excludes halogenated alkanes) is 2. The summed E-state index contributed by atoms with van der Waals surface area (Å²) in [7, 11) is 0. The van der Waals surface area contributed by atoms with Gasteiger partial charge in [0.15, 0.2) is 0 Å². The second-order valence-electron chi connectivity index (χ2n) is 11.5. The molecule has 6 nitrogen and oxygen atoms in total. The van der Waals surface area contributed by atoms with Crippen LogP contribution in [0.25, 0.3) is 16.2 Å². The van der Waals surface area contributed by atoms with Gasteiger partial charge in [-0.2, -0.15) is 0 Å². The molecule has 0 saturated carbocycles. The fourth-order valence-corrected chi connectivity index (χ4v) is 7.95. The molecule has 1 aromatic heterocycles. The first-order valence-electron chi connectivity index (χ1n) is 15.1. The van der Waals surface area contributed by atoms with E-state index in [1.807, 2.05) is 6.08 Å². The van der Waals surface area contributed by atoms with Crippen LogP contribution in [0.3, 0.4) is 0 Å². The number of ether oxygens (including phenoxy) is 2. The molecule has 0 fully saturated rings. The first kappa shape index (κ1) is 31.6. The molecule has 8 heteroatoms. The number of rotatable bonds is 16. The Bertz CT molecular complexity index is 1320. The molecule has 2 aliphatic rings. The number of carboxylic acids is 2. The summed E-state index contributed by atoms with van der Waals surface area (Å²) >= 11 is 2.53. The van der Waals surface area contributed by atoms with Crippen molar-refractivity contribution in [3.8, 4) is 5.75 Å². The van der Waals surface area contributed by atoms with E-state index >= 15 is 0 Å². The molecule has 0 bridgehead atoms. The van der Waals surface area contributed by atoms with Crippen LogP contribution in [-0.4, -0.2) is 35.4 Å². The van der Waals surface area contributed by atoms with E-state index in [-0.39, 0.29) is 10.8 Å². The quantitative estimate of drug-likeness (QED) is 0.198. The van der Waals surface area contributed by atoms with Gasteiger partial charge in [-0.3, -0.25) is 0 Å². The van der Waals surface area contributed by atoms with Gasteiger partial charge >= 0.3 is 11.9 Å². The van der Waals surface area contributed by atoms with Gasteiger partial charge in [0.1, 0.15) is 16.2 Å². The molecule has 1 aliphatic carbocycles. The van der Waals surface area contributed by atoms with E-state index in [4.69, 9.17) is 9.47 Å². The first-order valence-corrected chi connectivity index (χ1v) is 16.7. The minimum Gasteiger partial charge on any atom is -0.492 e. The summed E-state index contributed by atoms with van der Waals surface area (Å²) in [6, 6.07) is 3.77. The number of carbonyl (C=O) groups is 2. The maximum atomic E-state index is 12.0. The average Bonchev–Trinajstić information content (AvgIpc) is 3.59. The van der Waals surface area contributed by atoms with Crippen molar-refractivity contribution in [2.24, 2.45) is 17.8 Å². The van der Waals surface area contributed by atoms with Crippen LogP contribution in [-0.2, 0) is 15.1 Å². The maximum Gasteiger partial charge on any atom is 0.345 e. The van der Waals surface area contributed by atoms with Crippen molar-refractivity contribution < 1.29 is 29.3 Å². The smallest absolute Gasteiger partial charge is 0.345 e. The van der Waals surface area contributed by atoms with Crippen molar-refractivity contribution >= 4 is 51.2 Å². The van der Waals surface area contributed by atoms with E-state index in [0.717, 1.165) is 77.5 Å². The molecule has 0 radical (unpaired) electrons. The average molecular weight is 601 g/mol. The molecular formula is C33H44O6S2. The molecule has 224 valence electrons. The minimum absolute atomic E-state index is 0.244. The van der Waals surface area contributed by atoms with E-state index in [1.165, 1.54) is 23.1 Å². The van der Waals surface area contributed by atoms with E-state index in [0.29, 0.717) is 35.7 Å². The number of fused-ring (bicyclic) bond motifs is 3. The molecule has 4 unspecified atom stereocenters. The molecule has 2 N–H and O–H groups in total. The summed E-state index contributed by atoms with van der Waals surface area (Å²) in [5.41, 5.74) is 0.985. The summed E-state index contributed by atoms with van der Waals surface area (Å²) in [5.74, 6) is -0.645. The van der Waals surface area contributed by atoms with E-state index < -0.39 is 17.5 Å². The van der Waals surface area contributed by atoms with Crippen molar-refractivity contribution in [3.05, 3.63) is 44.0 Å². The molecule has 0 saturated heterocycles. The van der Waals surface area contributed by atoms with Crippen LogP contribution < -0.4 is 4.74 Å². The minimum atomic E-state index is -0.954. The number of hydrogen-bond acceptors (Lipinski definition) is 6. The Morgan fingerprint density at radius 1 is 0.976 bits per heavy atom. The van der Waals surface area contributed by atoms with E-state index in [2.05, 4.69) is 46.8 Å². The monoisotopic (exact) mass is 600 g/mol. The van der Waals surface area contributed by atoms with E-state index in [1.54, 1.807) is 6.07 Å². The number of benzene rings is 1. The third-order valence-electron chi connectivity index (χ3n) is 8.67. The molecule has 4 rings (SSSR count). The molecule has 41 heavy (non-hydrogen) atoms. The van der Waals surface area contributed by atoms with Gasteiger partial charge in [0.25, 0.3) is 0 Å². The van der Waals surface area contributed by atoms with Crippen LogP contribution >= 0.6 is 23.1 Å².